The summed E-state index contributed by atoms with van der Waals surface area (Å²) in [5.41, 5.74) is 9.21. The molecule has 9 nitrogen and oxygen atoms in total. The molecule has 3 amide bonds. The van der Waals surface area contributed by atoms with E-state index in [-0.39, 0.29) is 0 Å². The molecule has 11 heteroatoms. The molecule has 44 heavy (non-hydrogen) atoms. The number of halogens is 2. The second-order valence-corrected chi connectivity index (χ2v) is 12.1. The van der Waals surface area contributed by atoms with Gasteiger partial charge in [-0.3, -0.25) is 9.59 Å². The highest BCUT2D eigenvalue weighted by Gasteiger charge is 2.52. The Morgan fingerprint density at radius 3 is 2.09 bits per heavy atom. The number of nitrogens with zero attached hydrogens (tertiary/aromatic N) is 2. The molecule has 0 aliphatic carbocycles. The van der Waals surface area contributed by atoms with Crippen molar-refractivity contribution >= 4 is 35.0 Å². The predicted molar refractivity (Wildman–Crippen MR) is 166 cm³/mol. The number of rotatable bonds is 9. The van der Waals surface area contributed by atoms with Crippen molar-refractivity contribution in [2.45, 2.75) is 58.3 Å². The van der Waals surface area contributed by atoms with Gasteiger partial charge in [-0.15, -0.1) is 0 Å². The van der Waals surface area contributed by atoms with E-state index in [1.165, 1.54) is 0 Å². The molecule has 0 bridgehead atoms. The Bertz CT molecular complexity index is 1440. The lowest BCUT2D eigenvalue weighted by molar-refractivity contribution is -0.141. The number of benzene rings is 3. The van der Waals surface area contributed by atoms with E-state index in [4.69, 9.17) is 5.73 Å². The minimum atomic E-state index is -3.26. The van der Waals surface area contributed by atoms with Crippen molar-refractivity contribution in [2.75, 3.05) is 29.6 Å². The van der Waals surface area contributed by atoms with Gasteiger partial charge < -0.3 is 30.9 Å². The molecule has 0 aromatic heterocycles. The molecule has 1 fully saturated rings. The second-order valence-electron chi connectivity index (χ2n) is 12.1. The molecular formula is C33H39F2N5O4. The van der Waals surface area contributed by atoms with Crippen molar-refractivity contribution in [3.8, 4) is 0 Å². The number of alkyl carbamates (subject to hydrolysis) is 1. The Morgan fingerprint density at radius 2 is 1.55 bits per heavy atom. The molecule has 3 aromatic carbocycles. The number of nitrogens with two attached hydrogens (primary N) is 1. The molecular weight excluding hydrogens is 568 g/mol. The number of alkyl halides is 2. The van der Waals surface area contributed by atoms with Crippen LogP contribution in [0, 0.1) is 5.41 Å². The van der Waals surface area contributed by atoms with Gasteiger partial charge in [0.15, 0.2) is 0 Å². The Balaban J connectivity index is 1.48. The number of nitrogen functional groups attached to an aromatic ring is 1. The molecule has 1 unspecified atom stereocenters. The van der Waals surface area contributed by atoms with Crippen LogP contribution in [-0.2, 0) is 27.4 Å². The van der Waals surface area contributed by atoms with Crippen LogP contribution in [-0.4, -0.2) is 54.5 Å². The monoisotopic (exact) mass is 607 g/mol. The van der Waals surface area contributed by atoms with Crippen LogP contribution in [0.1, 0.15) is 38.3 Å². The first-order chi connectivity index (χ1) is 20.8. The normalized spacial score (nSPS) is 16.6. The van der Waals surface area contributed by atoms with Crippen molar-refractivity contribution < 1.29 is 27.9 Å². The van der Waals surface area contributed by atoms with Gasteiger partial charge in [0.2, 0.25) is 11.8 Å². The lowest BCUT2D eigenvalue weighted by Gasteiger charge is -2.34. The van der Waals surface area contributed by atoms with Crippen LogP contribution in [0.3, 0.4) is 0 Å². The summed E-state index contributed by atoms with van der Waals surface area (Å²) in [5, 5.41) is 5.12. The van der Waals surface area contributed by atoms with Gasteiger partial charge >= 0.3 is 6.09 Å². The van der Waals surface area contributed by atoms with E-state index >= 15 is 0 Å². The Hall–Kier alpha value is -4.67. The van der Waals surface area contributed by atoms with E-state index < -0.39 is 54.3 Å². The topological polar surface area (TPSA) is 117 Å². The lowest BCUT2D eigenvalue weighted by Crippen LogP contribution is -2.57. The number of methoxy groups -OCH3 is 1. The number of likely N-dealkylation sites (tertiary alicyclic amines) is 1. The largest absolute Gasteiger partial charge is 0.453 e. The molecule has 0 radical (unpaired) electrons. The molecule has 1 saturated heterocycles. The first-order valence-corrected chi connectivity index (χ1v) is 14.3. The number of anilines is 3. The number of carbonyl (C=O) groups excluding carboxylic acids is 3. The molecule has 2 atom stereocenters. The van der Waals surface area contributed by atoms with Gasteiger partial charge in [0.05, 0.1) is 13.7 Å². The zero-order valence-corrected chi connectivity index (χ0v) is 25.3. The summed E-state index contributed by atoms with van der Waals surface area (Å²) in [4.78, 5) is 41.7. The van der Waals surface area contributed by atoms with Crippen LogP contribution in [0.25, 0.3) is 0 Å². The van der Waals surface area contributed by atoms with Crippen molar-refractivity contribution in [1.29, 1.82) is 0 Å². The van der Waals surface area contributed by atoms with Gasteiger partial charge in [0.25, 0.3) is 5.92 Å². The fourth-order valence-electron chi connectivity index (χ4n) is 5.13. The standard InChI is InChI=1S/C33H39F2N5O4/c1-32(2,3)28(38-31(43)44-4)30(42)40-21-33(34,35)18-27(40)29(41)37-25-16-12-23(13-17-25)20-39(26-8-6-5-7-9-26)19-22-10-14-24(36)15-11-22/h5-17,27-28H,18-21,36H2,1-4H3,(H,37,41)(H,38,43)/t27?,28-/m1/s1. The minimum absolute atomic E-state index is 0.409. The summed E-state index contributed by atoms with van der Waals surface area (Å²) < 4.78 is 33.8. The first-order valence-electron chi connectivity index (χ1n) is 14.3. The van der Waals surface area contributed by atoms with E-state index in [0.29, 0.717) is 24.5 Å². The number of amides is 3. The first kappa shape index (κ1) is 32.2. The van der Waals surface area contributed by atoms with Crippen LogP contribution in [0.5, 0.6) is 0 Å². The molecule has 1 aliphatic rings. The van der Waals surface area contributed by atoms with E-state index in [1.807, 2.05) is 66.7 Å². The van der Waals surface area contributed by atoms with Gasteiger partial charge in [0, 0.05) is 36.6 Å². The summed E-state index contributed by atoms with van der Waals surface area (Å²) in [6.45, 7) is 5.34. The van der Waals surface area contributed by atoms with E-state index in [2.05, 4.69) is 20.3 Å². The summed E-state index contributed by atoms with van der Waals surface area (Å²) in [6, 6.07) is 22.2. The number of carbonyl (C=O) groups is 3. The maximum atomic E-state index is 14.6. The predicted octanol–water partition coefficient (Wildman–Crippen LogP) is 5.42. The Kier molecular flexibility index (Phi) is 9.76. The smallest absolute Gasteiger partial charge is 0.407 e. The number of para-hydroxylation sites is 1. The highest BCUT2D eigenvalue weighted by atomic mass is 19.3. The van der Waals surface area contributed by atoms with Crippen LogP contribution in [0.2, 0.25) is 0 Å². The Morgan fingerprint density at radius 1 is 0.977 bits per heavy atom. The maximum Gasteiger partial charge on any atom is 0.407 e. The number of ether oxygens (including phenoxy) is 1. The minimum Gasteiger partial charge on any atom is -0.453 e. The quantitative estimate of drug-likeness (QED) is 0.280. The number of hydrogen-bond acceptors (Lipinski definition) is 6. The van der Waals surface area contributed by atoms with Crippen molar-refractivity contribution in [3.05, 3.63) is 90.0 Å². The van der Waals surface area contributed by atoms with Crippen molar-refractivity contribution in [3.63, 3.8) is 0 Å². The molecule has 1 heterocycles. The molecule has 234 valence electrons. The maximum absolute atomic E-state index is 14.6. The molecule has 4 rings (SSSR count). The second kappa shape index (κ2) is 13.3. The summed E-state index contributed by atoms with van der Waals surface area (Å²) >= 11 is 0. The van der Waals surface area contributed by atoms with Gasteiger partial charge in [-0.25, -0.2) is 13.6 Å². The van der Waals surface area contributed by atoms with Crippen LogP contribution < -0.4 is 21.3 Å². The third-order valence-electron chi connectivity index (χ3n) is 7.49. The van der Waals surface area contributed by atoms with Crippen LogP contribution >= 0.6 is 0 Å². The number of hydrogen-bond donors (Lipinski definition) is 3. The van der Waals surface area contributed by atoms with Gasteiger partial charge in [0.1, 0.15) is 12.1 Å². The third-order valence-corrected chi connectivity index (χ3v) is 7.49. The number of nitrogens with one attached hydrogen (secondary N) is 2. The fraction of sp³-hybridized carbons (Fsp3) is 0.364. The average molecular weight is 608 g/mol. The molecule has 3 aromatic rings. The zero-order valence-electron chi connectivity index (χ0n) is 25.3. The molecule has 1 aliphatic heterocycles. The van der Waals surface area contributed by atoms with Crippen molar-refractivity contribution in [1.82, 2.24) is 10.2 Å². The average Bonchev–Trinajstić information content (AvgIpc) is 3.32. The van der Waals surface area contributed by atoms with E-state index in [1.54, 1.807) is 32.9 Å². The van der Waals surface area contributed by atoms with Gasteiger partial charge in [-0.05, 0) is 52.9 Å². The van der Waals surface area contributed by atoms with Crippen LogP contribution in [0.15, 0.2) is 78.9 Å². The fourth-order valence-corrected chi connectivity index (χ4v) is 5.13. The molecule has 4 N–H and O–H groups in total. The van der Waals surface area contributed by atoms with Crippen molar-refractivity contribution in [2.24, 2.45) is 5.41 Å². The molecule has 0 spiro atoms. The van der Waals surface area contributed by atoms with E-state index in [0.717, 1.165) is 28.8 Å². The lowest BCUT2D eigenvalue weighted by atomic mass is 9.85. The Labute approximate surface area is 256 Å². The summed E-state index contributed by atoms with van der Waals surface area (Å²) in [6.07, 6.45) is -1.70. The summed E-state index contributed by atoms with van der Waals surface area (Å²) in [5.74, 6) is -4.78. The van der Waals surface area contributed by atoms with Gasteiger partial charge in [-0.2, -0.15) is 0 Å². The van der Waals surface area contributed by atoms with Gasteiger partial charge in [-0.1, -0.05) is 63.2 Å². The molecule has 0 saturated carbocycles. The zero-order chi connectivity index (χ0) is 32.1. The third kappa shape index (κ3) is 8.24. The highest BCUT2D eigenvalue weighted by molar-refractivity contribution is 5.99. The van der Waals surface area contributed by atoms with Crippen LogP contribution in [0.4, 0.5) is 30.6 Å². The SMILES string of the molecule is COC(=O)N[C@H](C(=O)N1CC(F)(F)CC1C(=O)Nc1ccc(CN(Cc2ccc(N)cc2)c2ccccc2)cc1)C(C)(C)C. The van der Waals surface area contributed by atoms with E-state index in [9.17, 15) is 23.2 Å². The highest BCUT2D eigenvalue weighted by Crippen LogP contribution is 2.35. The summed E-state index contributed by atoms with van der Waals surface area (Å²) in [7, 11) is 1.14.